The lowest BCUT2D eigenvalue weighted by atomic mass is 10.3. The van der Waals surface area contributed by atoms with Gasteiger partial charge in [0, 0.05) is 6.07 Å². The quantitative estimate of drug-likeness (QED) is 0.663. The highest BCUT2D eigenvalue weighted by atomic mass is 28.3. The largest absolute Gasteiger partial charge is 0.497 e. The zero-order valence-corrected chi connectivity index (χ0v) is 9.52. The molecule has 72 valence electrons. The average molecular weight is 198 g/mol. The van der Waals surface area contributed by atoms with E-state index in [0.29, 0.717) is 5.75 Å². The van der Waals surface area contributed by atoms with E-state index in [1.54, 1.807) is 7.11 Å². The second kappa shape index (κ2) is 3.50. The summed E-state index contributed by atoms with van der Waals surface area (Å²) in [5, 5.41) is 0.855. The molecule has 13 heavy (non-hydrogen) atoms. The summed E-state index contributed by atoms with van der Waals surface area (Å²) in [6.45, 7) is 6.37. The van der Waals surface area contributed by atoms with Gasteiger partial charge in [0.15, 0.2) is 0 Å². The van der Waals surface area contributed by atoms with Crippen LogP contribution in [0.15, 0.2) is 18.2 Å². The second-order valence-corrected chi connectivity index (χ2v) is 9.13. The minimum atomic E-state index is -1.54. The van der Waals surface area contributed by atoms with Gasteiger partial charge in [0.05, 0.1) is 15.2 Å². The van der Waals surface area contributed by atoms with Gasteiger partial charge in [-0.15, -0.1) is 0 Å². The zero-order valence-electron chi connectivity index (χ0n) is 8.52. The molecule has 0 fully saturated rings. The van der Waals surface area contributed by atoms with Crippen molar-refractivity contribution in [2.24, 2.45) is 0 Å². The molecule has 1 aromatic rings. The normalized spacial score (nSPS) is 11.5. The van der Waals surface area contributed by atoms with Crippen molar-refractivity contribution >= 4 is 13.3 Å². The van der Waals surface area contributed by atoms with Crippen molar-refractivity contribution in [3.8, 4) is 5.75 Å². The summed E-state index contributed by atoms with van der Waals surface area (Å²) in [4.78, 5) is 0. The number of halogens is 1. The van der Waals surface area contributed by atoms with Crippen LogP contribution in [0.3, 0.4) is 0 Å². The van der Waals surface area contributed by atoms with Crippen LogP contribution in [-0.2, 0) is 0 Å². The molecule has 0 spiro atoms. The molecule has 0 aliphatic rings. The Morgan fingerprint density at radius 1 is 1.23 bits per heavy atom. The van der Waals surface area contributed by atoms with Crippen molar-refractivity contribution in [3.63, 3.8) is 0 Å². The van der Waals surface area contributed by atoms with Crippen molar-refractivity contribution < 1.29 is 9.13 Å². The number of methoxy groups -OCH3 is 1. The fourth-order valence-corrected chi connectivity index (χ4v) is 2.60. The Morgan fingerprint density at radius 3 is 2.23 bits per heavy atom. The molecular weight excluding hydrogens is 183 g/mol. The maximum atomic E-state index is 13.5. The van der Waals surface area contributed by atoms with Gasteiger partial charge in [-0.05, 0) is 11.3 Å². The van der Waals surface area contributed by atoms with Gasteiger partial charge in [0.2, 0.25) is 0 Å². The Morgan fingerprint density at radius 2 is 1.85 bits per heavy atom. The molecule has 3 heteroatoms. The predicted molar refractivity (Wildman–Crippen MR) is 55.9 cm³/mol. The van der Waals surface area contributed by atoms with Gasteiger partial charge in [0.25, 0.3) is 0 Å². The van der Waals surface area contributed by atoms with Crippen LogP contribution >= 0.6 is 0 Å². The highest BCUT2D eigenvalue weighted by Crippen LogP contribution is 2.13. The minimum absolute atomic E-state index is 0.140. The molecule has 0 unspecified atom stereocenters. The van der Waals surface area contributed by atoms with Crippen LogP contribution in [0.1, 0.15) is 0 Å². The smallest absolute Gasteiger partial charge is 0.126 e. The number of hydrogen-bond acceptors (Lipinski definition) is 1. The molecule has 1 nitrogen and oxygen atoms in total. The van der Waals surface area contributed by atoms with E-state index < -0.39 is 8.07 Å². The molecule has 0 radical (unpaired) electrons. The Labute approximate surface area is 79.6 Å². The summed E-state index contributed by atoms with van der Waals surface area (Å²) in [6.07, 6.45) is 0. The lowest BCUT2D eigenvalue weighted by molar-refractivity contribution is 0.411. The van der Waals surface area contributed by atoms with Crippen molar-refractivity contribution in [3.05, 3.63) is 24.0 Å². The molecule has 0 aromatic heterocycles. The summed E-state index contributed by atoms with van der Waals surface area (Å²) in [5.41, 5.74) is 0. The van der Waals surface area contributed by atoms with Gasteiger partial charge in [0.1, 0.15) is 11.6 Å². The maximum Gasteiger partial charge on any atom is 0.126 e. The third kappa shape index (κ3) is 2.31. The van der Waals surface area contributed by atoms with E-state index in [1.807, 2.05) is 12.1 Å². The van der Waals surface area contributed by atoms with Gasteiger partial charge >= 0.3 is 0 Å². The first-order valence-corrected chi connectivity index (χ1v) is 7.79. The van der Waals surface area contributed by atoms with Gasteiger partial charge in [-0.25, -0.2) is 4.39 Å². The highest BCUT2D eigenvalue weighted by Gasteiger charge is 2.20. The fraction of sp³-hybridized carbons (Fsp3) is 0.400. The monoisotopic (exact) mass is 198 g/mol. The molecule has 0 saturated heterocycles. The molecular formula is C10H15FOSi. The van der Waals surface area contributed by atoms with E-state index >= 15 is 0 Å². The van der Waals surface area contributed by atoms with Crippen LogP contribution in [0.5, 0.6) is 5.75 Å². The van der Waals surface area contributed by atoms with E-state index in [0.717, 1.165) is 5.19 Å². The highest BCUT2D eigenvalue weighted by molar-refractivity contribution is 6.88. The van der Waals surface area contributed by atoms with Crippen LogP contribution in [0.2, 0.25) is 19.6 Å². The molecule has 0 atom stereocenters. The third-order valence-electron chi connectivity index (χ3n) is 1.98. The van der Waals surface area contributed by atoms with Gasteiger partial charge < -0.3 is 4.74 Å². The first kappa shape index (κ1) is 10.2. The Bertz CT molecular complexity index is 304. The average Bonchev–Trinajstić information content (AvgIpc) is 2.01. The Balaban J connectivity index is 3.13. The first-order valence-electron chi connectivity index (χ1n) is 4.29. The van der Waals surface area contributed by atoms with Crippen LogP contribution in [0.4, 0.5) is 4.39 Å². The van der Waals surface area contributed by atoms with E-state index in [1.165, 1.54) is 6.07 Å². The maximum absolute atomic E-state index is 13.5. The van der Waals surface area contributed by atoms with Crippen molar-refractivity contribution in [2.45, 2.75) is 19.6 Å². The molecule has 0 saturated carbocycles. The number of ether oxygens (including phenoxy) is 1. The molecule has 0 aliphatic carbocycles. The Kier molecular flexibility index (Phi) is 2.76. The molecule has 0 bridgehead atoms. The number of hydrogen-bond donors (Lipinski definition) is 0. The van der Waals surface area contributed by atoms with Crippen molar-refractivity contribution in [2.75, 3.05) is 7.11 Å². The summed E-state index contributed by atoms with van der Waals surface area (Å²) >= 11 is 0. The molecule has 0 heterocycles. The lowest BCUT2D eigenvalue weighted by Crippen LogP contribution is -2.39. The fourth-order valence-electron chi connectivity index (χ4n) is 1.23. The van der Waals surface area contributed by atoms with Crippen molar-refractivity contribution in [1.29, 1.82) is 0 Å². The van der Waals surface area contributed by atoms with Crippen LogP contribution < -0.4 is 9.92 Å². The molecule has 0 N–H and O–H groups in total. The van der Waals surface area contributed by atoms with Crippen LogP contribution in [0.25, 0.3) is 0 Å². The lowest BCUT2D eigenvalue weighted by Gasteiger charge is -2.17. The van der Waals surface area contributed by atoms with E-state index in [9.17, 15) is 4.39 Å². The minimum Gasteiger partial charge on any atom is -0.497 e. The van der Waals surface area contributed by atoms with Crippen molar-refractivity contribution in [1.82, 2.24) is 0 Å². The SMILES string of the molecule is COc1ccc([Si](C)(C)C)c(F)c1. The van der Waals surface area contributed by atoms with E-state index in [2.05, 4.69) is 19.6 Å². The van der Waals surface area contributed by atoms with Gasteiger partial charge in [-0.1, -0.05) is 25.7 Å². The summed E-state index contributed by atoms with van der Waals surface area (Å²) in [6, 6.07) is 5.10. The zero-order chi connectivity index (χ0) is 10.1. The van der Waals surface area contributed by atoms with Gasteiger partial charge in [-0.2, -0.15) is 0 Å². The van der Waals surface area contributed by atoms with Crippen LogP contribution in [-0.4, -0.2) is 15.2 Å². The summed E-state index contributed by atoms with van der Waals surface area (Å²) in [7, 11) is 0.000486. The number of benzene rings is 1. The second-order valence-electron chi connectivity index (χ2n) is 4.10. The standard InChI is InChI=1S/C10H15FOSi/c1-12-8-5-6-10(9(11)7-8)13(2,3)4/h5-7H,1-4H3. The number of rotatable bonds is 2. The van der Waals surface area contributed by atoms with Crippen LogP contribution in [0, 0.1) is 5.82 Å². The van der Waals surface area contributed by atoms with Gasteiger partial charge in [-0.3, -0.25) is 0 Å². The molecule has 1 rings (SSSR count). The predicted octanol–water partition coefficient (Wildman–Crippen LogP) is 2.38. The molecule has 1 aromatic carbocycles. The Hall–Kier alpha value is -0.833. The topological polar surface area (TPSA) is 9.23 Å². The van der Waals surface area contributed by atoms with E-state index in [-0.39, 0.29) is 5.82 Å². The third-order valence-corrected chi connectivity index (χ3v) is 4.01. The molecule has 0 aliphatic heterocycles. The molecule has 0 amide bonds. The van der Waals surface area contributed by atoms with E-state index in [4.69, 9.17) is 4.74 Å². The first-order chi connectivity index (χ1) is 5.95. The summed E-state index contributed by atoms with van der Waals surface area (Å²) in [5.74, 6) is 0.443. The summed E-state index contributed by atoms with van der Waals surface area (Å²) < 4.78 is 18.4.